The quantitative estimate of drug-likeness (QED) is 0.503. The molecule has 1 aromatic carbocycles. The molecule has 0 amide bonds. The number of nitrogens with zero attached hydrogens (tertiary/aromatic N) is 3. The number of aliphatic imine (C=N–C) groups is 1. The molecule has 8 heteroatoms. The third kappa shape index (κ3) is 4.67. The molecular formula is C23H30F3N3S2. The van der Waals surface area contributed by atoms with Crippen molar-refractivity contribution >= 4 is 40.5 Å². The molecule has 2 heterocycles. The highest BCUT2D eigenvalue weighted by Crippen LogP contribution is 2.42. The Balaban J connectivity index is 1.80. The summed E-state index contributed by atoms with van der Waals surface area (Å²) in [7, 11) is 0. The Morgan fingerprint density at radius 2 is 1.77 bits per heavy atom. The lowest BCUT2D eigenvalue weighted by molar-refractivity contribution is -0.137. The molecule has 1 unspecified atom stereocenters. The molecule has 170 valence electrons. The summed E-state index contributed by atoms with van der Waals surface area (Å²) >= 11 is 7.86. The van der Waals surface area contributed by atoms with E-state index in [1.165, 1.54) is 18.6 Å². The molecule has 0 bridgehead atoms. The zero-order valence-corrected chi connectivity index (χ0v) is 19.8. The van der Waals surface area contributed by atoms with Gasteiger partial charge in [0.05, 0.1) is 22.6 Å². The molecule has 1 saturated carbocycles. The van der Waals surface area contributed by atoms with Crippen LogP contribution in [0.3, 0.4) is 0 Å². The van der Waals surface area contributed by atoms with Crippen molar-refractivity contribution in [3.8, 4) is 0 Å². The van der Waals surface area contributed by atoms with Gasteiger partial charge < -0.3 is 0 Å². The first-order valence-electron chi connectivity index (χ1n) is 11.1. The predicted octanol–water partition coefficient (Wildman–Crippen LogP) is 6.03. The molecule has 3 aliphatic rings. The van der Waals surface area contributed by atoms with E-state index in [2.05, 4.69) is 18.7 Å². The zero-order chi connectivity index (χ0) is 22.2. The van der Waals surface area contributed by atoms with E-state index >= 15 is 0 Å². The van der Waals surface area contributed by atoms with Crippen LogP contribution >= 0.6 is 24.0 Å². The van der Waals surface area contributed by atoms with Gasteiger partial charge in [0.1, 0.15) is 5.84 Å². The van der Waals surface area contributed by atoms with Gasteiger partial charge >= 0.3 is 6.18 Å². The summed E-state index contributed by atoms with van der Waals surface area (Å²) in [6.45, 7) is 6.13. The first-order chi connectivity index (χ1) is 14.7. The fourth-order valence-electron chi connectivity index (χ4n) is 5.01. The fraction of sp³-hybridized carbons (Fsp3) is 0.652. The minimum atomic E-state index is -4.39. The van der Waals surface area contributed by atoms with Crippen molar-refractivity contribution in [2.45, 2.75) is 64.2 Å². The molecule has 4 rings (SSSR count). The first-order valence-corrected chi connectivity index (χ1v) is 12.7. The van der Waals surface area contributed by atoms with E-state index in [0.717, 1.165) is 62.2 Å². The van der Waals surface area contributed by atoms with Gasteiger partial charge in [0.25, 0.3) is 0 Å². The Labute approximate surface area is 192 Å². The highest BCUT2D eigenvalue weighted by atomic mass is 32.2. The molecule has 2 saturated heterocycles. The van der Waals surface area contributed by atoms with Crippen molar-refractivity contribution in [3.05, 3.63) is 29.8 Å². The summed E-state index contributed by atoms with van der Waals surface area (Å²) in [4.78, 5) is 10.2. The highest BCUT2D eigenvalue weighted by Gasteiger charge is 2.52. The summed E-state index contributed by atoms with van der Waals surface area (Å²) in [5, 5.41) is 0. The fourth-order valence-corrected chi connectivity index (χ4v) is 6.25. The number of thioether (sulfide) groups is 1. The Kier molecular flexibility index (Phi) is 6.71. The maximum absolute atomic E-state index is 13.4. The summed E-state index contributed by atoms with van der Waals surface area (Å²) in [5.41, 5.74) is -0.573. The number of thiocarbonyl (C=S) groups is 1. The van der Waals surface area contributed by atoms with Crippen LogP contribution in [-0.2, 0) is 6.18 Å². The van der Waals surface area contributed by atoms with Crippen molar-refractivity contribution in [1.29, 1.82) is 0 Å². The monoisotopic (exact) mass is 469 g/mol. The van der Waals surface area contributed by atoms with Gasteiger partial charge in [0.2, 0.25) is 0 Å². The van der Waals surface area contributed by atoms with Crippen molar-refractivity contribution in [3.63, 3.8) is 0 Å². The highest BCUT2D eigenvalue weighted by molar-refractivity contribution is 7.99. The van der Waals surface area contributed by atoms with Gasteiger partial charge in [-0.2, -0.15) is 24.9 Å². The largest absolute Gasteiger partial charge is 0.416 e. The molecular weight excluding hydrogens is 439 g/mol. The normalized spacial score (nSPS) is 27.3. The minimum absolute atomic E-state index is 0.0163. The number of halogens is 3. The number of alkyl halides is 3. The number of rotatable bonds is 3. The van der Waals surface area contributed by atoms with Gasteiger partial charge in [-0.15, -0.1) is 0 Å². The average Bonchev–Trinajstić information content (AvgIpc) is 2.94. The lowest BCUT2D eigenvalue weighted by atomic mass is 9.85. The van der Waals surface area contributed by atoms with E-state index in [0.29, 0.717) is 10.7 Å². The van der Waals surface area contributed by atoms with Crippen LogP contribution in [-0.4, -0.2) is 52.4 Å². The second kappa shape index (κ2) is 9.02. The van der Waals surface area contributed by atoms with Crippen molar-refractivity contribution in [1.82, 2.24) is 4.90 Å². The SMILES string of the molecule is CC1(C)C(=S)N(c2cccc(C(F)(F)F)c2)C(=NC2CCCCC2)C1N1CCSCC1. The van der Waals surface area contributed by atoms with E-state index in [1.54, 1.807) is 6.07 Å². The lowest BCUT2D eigenvalue weighted by Crippen LogP contribution is -2.51. The van der Waals surface area contributed by atoms with Gasteiger partial charge in [0.15, 0.2) is 0 Å². The van der Waals surface area contributed by atoms with Crippen LogP contribution in [0, 0.1) is 5.41 Å². The molecule has 2 aliphatic heterocycles. The Morgan fingerprint density at radius 3 is 2.42 bits per heavy atom. The topological polar surface area (TPSA) is 18.8 Å². The minimum Gasteiger partial charge on any atom is -0.291 e. The molecule has 1 aromatic rings. The van der Waals surface area contributed by atoms with Crippen LogP contribution in [0.4, 0.5) is 18.9 Å². The van der Waals surface area contributed by atoms with E-state index in [9.17, 15) is 13.2 Å². The van der Waals surface area contributed by atoms with Gasteiger partial charge in [-0.25, -0.2) is 0 Å². The summed E-state index contributed by atoms with van der Waals surface area (Å²) < 4.78 is 40.3. The van der Waals surface area contributed by atoms with Crippen LogP contribution in [0.5, 0.6) is 0 Å². The first kappa shape index (κ1) is 23.1. The smallest absolute Gasteiger partial charge is 0.291 e. The Morgan fingerprint density at radius 1 is 1.10 bits per heavy atom. The van der Waals surface area contributed by atoms with Crippen molar-refractivity contribution < 1.29 is 13.2 Å². The second-order valence-corrected chi connectivity index (χ2v) is 10.9. The average molecular weight is 470 g/mol. The number of anilines is 1. The molecule has 0 spiro atoms. The molecule has 0 radical (unpaired) electrons. The number of hydrogen-bond donors (Lipinski definition) is 0. The van der Waals surface area contributed by atoms with Crippen LogP contribution in [0.25, 0.3) is 0 Å². The van der Waals surface area contributed by atoms with Crippen molar-refractivity contribution in [2.24, 2.45) is 10.4 Å². The van der Waals surface area contributed by atoms with Gasteiger partial charge in [0, 0.05) is 35.7 Å². The van der Waals surface area contributed by atoms with E-state index in [1.807, 2.05) is 16.7 Å². The Hall–Kier alpha value is -1.12. The maximum atomic E-state index is 13.4. The summed E-state index contributed by atoms with van der Waals surface area (Å²) in [5.74, 6) is 2.95. The van der Waals surface area contributed by atoms with E-state index < -0.39 is 11.7 Å². The number of benzene rings is 1. The van der Waals surface area contributed by atoms with E-state index in [-0.39, 0.29) is 17.5 Å². The van der Waals surface area contributed by atoms with Crippen LogP contribution in [0.1, 0.15) is 51.5 Å². The molecule has 0 N–H and O–H groups in total. The molecule has 3 nitrogen and oxygen atoms in total. The molecule has 1 aliphatic carbocycles. The second-order valence-electron chi connectivity index (χ2n) is 9.24. The van der Waals surface area contributed by atoms with Crippen LogP contribution in [0.2, 0.25) is 0 Å². The Bertz CT molecular complexity index is 841. The molecule has 1 atom stereocenters. The van der Waals surface area contributed by atoms with Gasteiger partial charge in [-0.3, -0.25) is 14.8 Å². The molecule has 0 aromatic heterocycles. The molecule has 31 heavy (non-hydrogen) atoms. The predicted molar refractivity (Wildman–Crippen MR) is 127 cm³/mol. The third-order valence-corrected chi connectivity index (χ3v) is 8.29. The van der Waals surface area contributed by atoms with E-state index in [4.69, 9.17) is 17.2 Å². The maximum Gasteiger partial charge on any atom is 0.416 e. The van der Waals surface area contributed by atoms with Crippen LogP contribution in [0.15, 0.2) is 29.3 Å². The zero-order valence-electron chi connectivity index (χ0n) is 18.1. The lowest BCUT2D eigenvalue weighted by Gasteiger charge is -2.38. The van der Waals surface area contributed by atoms with Gasteiger partial charge in [-0.1, -0.05) is 51.4 Å². The number of amidine groups is 1. The number of hydrogen-bond acceptors (Lipinski definition) is 4. The standard InChI is InChI=1S/C23H30F3N3S2/c1-22(2)19(28-11-13-31-14-12-28)20(27-17-8-4-3-5-9-17)29(21(22)30)18-10-6-7-16(15-18)23(24,25)26/h6-7,10,15,17,19H,3-5,8-9,11-14H2,1-2H3. The van der Waals surface area contributed by atoms with Crippen LogP contribution < -0.4 is 4.90 Å². The third-order valence-electron chi connectivity index (χ3n) is 6.64. The molecule has 3 fully saturated rings. The summed E-state index contributed by atoms with van der Waals surface area (Å²) in [6.07, 6.45) is 1.23. The summed E-state index contributed by atoms with van der Waals surface area (Å²) in [6, 6.07) is 5.73. The van der Waals surface area contributed by atoms with Gasteiger partial charge in [-0.05, 0) is 31.0 Å². The van der Waals surface area contributed by atoms with Crippen molar-refractivity contribution in [2.75, 3.05) is 29.5 Å².